The quantitative estimate of drug-likeness (QED) is 0.126. The molecule has 5 heterocycles. The molecule has 0 unspecified atom stereocenters. The van der Waals surface area contributed by atoms with E-state index < -0.39 is 42.0 Å². The molecule has 3 N–H and O–H groups in total. The summed E-state index contributed by atoms with van der Waals surface area (Å²) < 4.78 is 63.1. The van der Waals surface area contributed by atoms with Gasteiger partial charge in [0.1, 0.15) is 18.2 Å². The van der Waals surface area contributed by atoms with Crippen molar-refractivity contribution in [3.8, 4) is 22.4 Å². The van der Waals surface area contributed by atoms with Crippen LogP contribution in [0.3, 0.4) is 0 Å². The zero-order valence-corrected chi connectivity index (χ0v) is 38.2. The molecule has 2 aromatic heterocycles. The second-order valence-corrected chi connectivity index (χ2v) is 19.2. The van der Waals surface area contributed by atoms with E-state index in [0.29, 0.717) is 66.3 Å². The molecule has 0 radical (unpaired) electrons. The lowest BCUT2D eigenvalue weighted by Gasteiger charge is -2.44. The summed E-state index contributed by atoms with van der Waals surface area (Å²) in [4.78, 5) is 36.5. The number of rotatable bonds is 13. The number of amides is 2. The lowest BCUT2D eigenvalue weighted by Crippen LogP contribution is -2.58. The van der Waals surface area contributed by atoms with Gasteiger partial charge >= 0.3 is 12.3 Å². The third-order valence-corrected chi connectivity index (χ3v) is 12.4. The molecule has 2 aromatic carbocycles. The van der Waals surface area contributed by atoms with Crippen molar-refractivity contribution in [3.63, 3.8) is 0 Å². The highest BCUT2D eigenvalue weighted by atomic mass is 19.4. The number of nitrogens with one attached hydrogen (secondary N) is 2. The number of aliphatic hydroxyl groups excluding tert-OH is 1. The van der Waals surface area contributed by atoms with Crippen LogP contribution in [0.1, 0.15) is 77.3 Å². The lowest BCUT2D eigenvalue weighted by molar-refractivity contribution is -0.139. The van der Waals surface area contributed by atoms with Crippen LogP contribution in [-0.4, -0.2) is 127 Å². The fourth-order valence-corrected chi connectivity index (χ4v) is 9.04. The Morgan fingerprint density at radius 2 is 1.80 bits per heavy atom. The van der Waals surface area contributed by atoms with E-state index in [2.05, 4.69) is 20.5 Å². The van der Waals surface area contributed by atoms with Gasteiger partial charge in [-0.2, -0.15) is 13.2 Å². The van der Waals surface area contributed by atoms with E-state index >= 15 is 0 Å². The summed E-state index contributed by atoms with van der Waals surface area (Å²) in [7, 11) is 1.56. The number of aromatic nitrogens is 2. The number of anilines is 1. The molecule has 64 heavy (non-hydrogen) atoms. The molecule has 0 aliphatic carbocycles. The maximum absolute atomic E-state index is 14.9. The summed E-state index contributed by atoms with van der Waals surface area (Å²) in [5, 5.41) is 15.6. The minimum atomic E-state index is -4.57. The van der Waals surface area contributed by atoms with Crippen LogP contribution < -0.4 is 15.6 Å². The van der Waals surface area contributed by atoms with Gasteiger partial charge in [-0.1, -0.05) is 44.2 Å². The van der Waals surface area contributed by atoms with Gasteiger partial charge in [0.25, 0.3) is 5.91 Å². The summed E-state index contributed by atoms with van der Waals surface area (Å²) in [5.41, 5.74) is 7.25. The molecule has 3 saturated heterocycles. The monoisotopic (exact) mass is 891 g/mol. The molecule has 0 spiro atoms. The summed E-state index contributed by atoms with van der Waals surface area (Å²) >= 11 is 0. The largest absolute Gasteiger partial charge is 0.444 e. The van der Waals surface area contributed by atoms with E-state index in [9.17, 15) is 27.9 Å². The highest BCUT2D eigenvalue weighted by Crippen LogP contribution is 2.44. The summed E-state index contributed by atoms with van der Waals surface area (Å²) in [5.74, 6) is -0.280. The summed E-state index contributed by atoms with van der Waals surface area (Å²) in [6.45, 7) is 15.1. The summed E-state index contributed by atoms with van der Waals surface area (Å²) in [6, 6.07) is 14.3. The number of pyridine rings is 1. The second-order valence-electron chi connectivity index (χ2n) is 19.2. The van der Waals surface area contributed by atoms with E-state index in [0.717, 1.165) is 54.9 Å². The Kier molecular flexibility index (Phi) is 14.3. The van der Waals surface area contributed by atoms with Gasteiger partial charge in [0.05, 0.1) is 48.6 Å². The van der Waals surface area contributed by atoms with E-state index in [-0.39, 0.29) is 31.4 Å². The number of hydrogen-bond acceptors (Lipinski definition) is 10. The number of fused-ring (bicyclic) bond motifs is 2. The number of ether oxygens (including phenoxy) is 3. The van der Waals surface area contributed by atoms with Gasteiger partial charge in [0.2, 0.25) is 0 Å². The number of halogens is 3. The molecular formula is C48H64F3N7O6. The summed E-state index contributed by atoms with van der Waals surface area (Å²) in [6.07, 6.45) is -1.83. The standard InChI is InChI=1S/C48H64F3N7O6/c1-31(62-7)42-38(24-35(26-52-42)56-18-17-55-19-20-63-28-36(55)27-56)43-39(25-47(5,6)30-59)37-23-34(13-14-41(37)57(43)29-48(49,50)51)33-12-10-11-32(21-33)22-40(54-45(61)64-46(2,3)4)44(60)58-16-9-8-15-53-58/h10-14,21,23-24,26,31,36,40,53,59H,8-9,15-20,22,25,27-30H2,1-7H3,(H,54,61)/t31-,36-,40-/m0/s1. The number of benzene rings is 2. The van der Waals surface area contributed by atoms with Gasteiger partial charge in [-0.3, -0.25) is 19.7 Å². The molecule has 4 aromatic rings. The molecule has 0 bridgehead atoms. The topological polar surface area (TPSA) is 134 Å². The number of aliphatic hydroxyl groups is 1. The minimum absolute atomic E-state index is 0.168. The molecule has 7 rings (SSSR count). The highest BCUT2D eigenvalue weighted by Gasteiger charge is 2.36. The number of carbonyl (C=O) groups is 2. The van der Waals surface area contributed by atoms with Crippen LogP contribution in [0, 0.1) is 5.41 Å². The molecular weight excluding hydrogens is 828 g/mol. The third-order valence-electron chi connectivity index (χ3n) is 12.4. The molecule has 2 amide bonds. The molecule has 16 heteroatoms. The van der Waals surface area contributed by atoms with E-state index in [1.807, 2.05) is 63.2 Å². The van der Waals surface area contributed by atoms with Crippen molar-refractivity contribution in [2.75, 3.05) is 71.1 Å². The number of morpholine rings is 1. The molecule has 3 aliphatic rings. The first kappa shape index (κ1) is 47.2. The molecule has 3 fully saturated rings. The Bertz CT molecular complexity index is 2290. The Balaban J connectivity index is 1.34. The predicted octanol–water partition coefficient (Wildman–Crippen LogP) is 7.28. The van der Waals surface area contributed by atoms with Crippen LogP contribution in [0.25, 0.3) is 33.3 Å². The molecule has 3 atom stereocenters. The fourth-order valence-electron chi connectivity index (χ4n) is 9.04. The molecule has 13 nitrogen and oxygen atoms in total. The van der Waals surface area contributed by atoms with Gasteiger partial charge in [-0.15, -0.1) is 0 Å². The van der Waals surface area contributed by atoms with Crippen molar-refractivity contribution in [3.05, 3.63) is 71.5 Å². The van der Waals surface area contributed by atoms with Crippen molar-refractivity contribution in [1.29, 1.82) is 0 Å². The number of piperazine rings is 1. The molecule has 3 aliphatic heterocycles. The minimum Gasteiger partial charge on any atom is -0.444 e. The third kappa shape index (κ3) is 11.2. The zero-order valence-electron chi connectivity index (χ0n) is 38.2. The van der Waals surface area contributed by atoms with Crippen LogP contribution in [-0.2, 0) is 38.4 Å². The van der Waals surface area contributed by atoms with Gasteiger partial charge < -0.3 is 34.1 Å². The first-order valence-corrected chi connectivity index (χ1v) is 22.4. The predicted molar refractivity (Wildman–Crippen MR) is 241 cm³/mol. The number of carbonyl (C=O) groups excluding carboxylic acids is 2. The van der Waals surface area contributed by atoms with Crippen LogP contribution in [0.15, 0.2) is 54.7 Å². The van der Waals surface area contributed by atoms with E-state index in [4.69, 9.17) is 19.2 Å². The smallest absolute Gasteiger partial charge is 0.408 e. The van der Waals surface area contributed by atoms with Crippen LogP contribution in [0.5, 0.6) is 0 Å². The van der Waals surface area contributed by atoms with Gasteiger partial charge in [0.15, 0.2) is 0 Å². The average molecular weight is 892 g/mol. The SMILES string of the molecule is CO[C@@H](C)c1ncc(N2CCN3CCOC[C@@H]3C2)cc1-c1c(CC(C)(C)CO)c2cc(-c3cccc(C[C@H](NC(=O)OC(C)(C)C)C(=O)N4CCCCN4)c3)ccc2n1CC(F)(F)F. The maximum atomic E-state index is 14.9. The number of methoxy groups -OCH3 is 1. The van der Waals surface area contributed by atoms with Crippen LogP contribution >= 0.6 is 0 Å². The number of nitrogens with zero attached hydrogens (tertiary/aromatic N) is 5. The van der Waals surface area contributed by atoms with E-state index in [1.165, 1.54) is 4.57 Å². The van der Waals surface area contributed by atoms with Crippen molar-refractivity contribution < 1.29 is 42.1 Å². The zero-order chi connectivity index (χ0) is 46.0. The number of hydrazine groups is 1. The highest BCUT2D eigenvalue weighted by molar-refractivity contribution is 5.96. The Hall–Kier alpha value is -4.74. The van der Waals surface area contributed by atoms with Crippen molar-refractivity contribution >= 4 is 28.6 Å². The number of alkyl carbamates (subject to hydrolysis) is 1. The van der Waals surface area contributed by atoms with E-state index in [1.54, 1.807) is 45.2 Å². The average Bonchev–Trinajstić information content (AvgIpc) is 3.54. The molecule has 348 valence electrons. The van der Waals surface area contributed by atoms with Gasteiger partial charge in [-0.05, 0) is 92.8 Å². The van der Waals surface area contributed by atoms with Crippen LogP contribution in [0.2, 0.25) is 0 Å². The maximum Gasteiger partial charge on any atom is 0.408 e. The Morgan fingerprint density at radius 3 is 2.50 bits per heavy atom. The van der Waals surface area contributed by atoms with Gasteiger partial charge in [0, 0.05) is 75.9 Å². The van der Waals surface area contributed by atoms with Crippen LogP contribution in [0.4, 0.5) is 23.7 Å². The Labute approximate surface area is 374 Å². The fraction of sp³-hybridized carbons (Fsp3) is 0.562. The van der Waals surface area contributed by atoms with Crippen molar-refractivity contribution in [2.24, 2.45) is 5.41 Å². The molecule has 0 saturated carbocycles. The normalized spacial score (nSPS) is 18.8. The Morgan fingerprint density at radius 1 is 1.02 bits per heavy atom. The first-order valence-electron chi connectivity index (χ1n) is 22.4. The number of hydrogen-bond donors (Lipinski definition) is 3. The van der Waals surface area contributed by atoms with Crippen molar-refractivity contribution in [2.45, 2.75) is 104 Å². The number of alkyl halides is 3. The lowest BCUT2D eigenvalue weighted by atomic mass is 9.84. The first-order chi connectivity index (χ1) is 30.3. The second kappa shape index (κ2) is 19.4. The van der Waals surface area contributed by atoms with Gasteiger partial charge in [-0.25, -0.2) is 10.2 Å². The van der Waals surface area contributed by atoms with Crippen molar-refractivity contribution in [1.82, 2.24) is 30.2 Å².